The predicted molar refractivity (Wildman–Crippen MR) is 99.9 cm³/mol. The van der Waals surface area contributed by atoms with Gasteiger partial charge < -0.3 is 19.3 Å². The summed E-state index contributed by atoms with van der Waals surface area (Å²) in [5.41, 5.74) is 1.99. The van der Waals surface area contributed by atoms with Crippen molar-refractivity contribution in [3.05, 3.63) is 35.2 Å². The number of piperazine rings is 1. The molecule has 0 bridgehead atoms. The Morgan fingerprint density at radius 1 is 1.48 bits per heavy atom. The fourth-order valence-corrected chi connectivity index (χ4v) is 4.02. The van der Waals surface area contributed by atoms with E-state index >= 15 is 0 Å². The maximum absolute atomic E-state index is 12.7. The van der Waals surface area contributed by atoms with Gasteiger partial charge >= 0.3 is 0 Å². The van der Waals surface area contributed by atoms with Crippen molar-refractivity contribution in [2.75, 3.05) is 25.4 Å². The zero-order valence-corrected chi connectivity index (χ0v) is 16.3. The number of hydrogen-bond donors (Lipinski definition) is 1. The van der Waals surface area contributed by atoms with E-state index in [0.717, 1.165) is 41.7 Å². The van der Waals surface area contributed by atoms with E-state index < -0.39 is 0 Å². The second kappa shape index (κ2) is 8.73. The molecular formula is C16H24ClN5O2S. The third kappa shape index (κ3) is 4.37. The molecule has 1 aliphatic rings. The summed E-state index contributed by atoms with van der Waals surface area (Å²) in [5.74, 6) is 3.10. The lowest BCUT2D eigenvalue weighted by Crippen LogP contribution is -2.50. The third-order valence-corrected chi connectivity index (χ3v) is 5.32. The molecule has 1 aliphatic heterocycles. The molecule has 3 rings (SSSR count). The van der Waals surface area contributed by atoms with Crippen LogP contribution in [-0.4, -0.2) is 50.9 Å². The van der Waals surface area contributed by atoms with Crippen molar-refractivity contribution in [1.29, 1.82) is 0 Å². The van der Waals surface area contributed by atoms with Crippen LogP contribution in [0.4, 0.5) is 0 Å². The summed E-state index contributed by atoms with van der Waals surface area (Å²) in [4.78, 5) is 19.1. The highest BCUT2D eigenvalue weighted by Gasteiger charge is 2.30. The maximum Gasteiger partial charge on any atom is 0.233 e. The van der Waals surface area contributed by atoms with Crippen LogP contribution in [0.2, 0.25) is 0 Å². The Balaban J connectivity index is 0.00000225. The van der Waals surface area contributed by atoms with Crippen LogP contribution < -0.4 is 5.32 Å². The molecule has 0 saturated carbocycles. The Kier molecular flexibility index (Phi) is 6.92. The number of rotatable bonds is 5. The first-order chi connectivity index (χ1) is 11.6. The molecule has 0 aliphatic carbocycles. The van der Waals surface area contributed by atoms with Crippen molar-refractivity contribution in [2.45, 2.75) is 25.6 Å². The number of carbonyl (C=O) groups excluding carboxylic acids is 1. The van der Waals surface area contributed by atoms with Crippen molar-refractivity contribution in [1.82, 2.24) is 24.9 Å². The number of aryl methyl sites for hydroxylation is 3. The molecule has 1 saturated heterocycles. The SMILES string of the molecule is Cc1noc(C)c1CSCC(=O)N1CCNCC1c1nccn1C.Cl. The van der Waals surface area contributed by atoms with Gasteiger partial charge in [-0.1, -0.05) is 5.16 Å². The molecule has 1 N–H and O–H groups in total. The highest BCUT2D eigenvalue weighted by Crippen LogP contribution is 2.23. The summed E-state index contributed by atoms with van der Waals surface area (Å²) >= 11 is 1.61. The Hall–Kier alpha value is -1.51. The van der Waals surface area contributed by atoms with Gasteiger partial charge in [0, 0.05) is 50.4 Å². The molecule has 0 radical (unpaired) electrons. The van der Waals surface area contributed by atoms with Crippen LogP contribution in [0.5, 0.6) is 0 Å². The molecule has 3 heterocycles. The van der Waals surface area contributed by atoms with Gasteiger partial charge in [-0.2, -0.15) is 0 Å². The second-order valence-electron chi connectivity index (χ2n) is 6.00. The van der Waals surface area contributed by atoms with Crippen molar-refractivity contribution in [3.63, 3.8) is 0 Å². The van der Waals surface area contributed by atoms with Gasteiger partial charge in [-0.3, -0.25) is 4.79 Å². The minimum atomic E-state index is -0.00841. The number of halogens is 1. The number of amides is 1. The van der Waals surface area contributed by atoms with E-state index in [2.05, 4.69) is 15.5 Å². The molecule has 138 valence electrons. The number of imidazole rings is 1. The molecule has 25 heavy (non-hydrogen) atoms. The summed E-state index contributed by atoms with van der Waals surface area (Å²) < 4.78 is 7.15. The quantitative estimate of drug-likeness (QED) is 0.846. The number of nitrogens with zero attached hydrogens (tertiary/aromatic N) is 4. The molecule has 1 amide bonds. The van der Waals surface area contributed by atoms with E-state index in [0.29, 0.717) is 12.3 Å². The molecule has 1 fully saturated rings. The maximum atomic E-state index is 12.7. The van der Waals surface area contributed by atoms with Gasteiger partial charge in [0.15, 0.2) is 0 Å². The normalized spacial score (nSPS) is 17.4. The second-order valence-corrected chi connectivity index (χ2v) is 6.98. The van der Waals surface area contributed by atoms with Crippen molar-refractivity contribution >= 4 is 30.1 Å². The van der Waals surface area contributed by atoms with Crippen LogP contribution in [-0.2, 0) is 17.6 Å². The van der Waals surface area contributed by atoms with Crippen molar-refractivity contribution < 1.29 is 9.32 Å². The molecular weight excluding hydrogens is 362 g/mol. The summed E-state index contributed by atoms with van der Waals surface area (Å²) in [6.45, 7) is 6.11. The molecule has 1 unspecified atom stereocenters. The number of nitrogens with one attached hydrogen (secondary N) is 1. The highest BCUT2D eigenvalue weighted by atomic mass is 35.5. The Bertz CT molecular complexity index is 698. The zero-order valence-electron chi connectivity index (χ0n) is 14.7. The van der Waals surface area contributed by atoms with Crippen LogP contribution >= 0.6 is 24.2 Å². The molecule has 2 aromatic heterocycles. The van der Waals surface area contributed by atoms with Crippen LogP contribution in [0, 0.1) is 13.8 Å². The number of thioether (sulfide) groups is 1. The first-order valence-electron chi connectivity index (χ1n) is 8.05. The molecule has 9 heteroatoms. The summed E-state index contributed by atoms with van der Waals surface area (Å²) in [6.07, 6.45) is 3.69. The fourth-order valence-electron chi connectivity index (χ4n) is 2.96. The average Bonchev–Trinajstić information content (AvgIpc) is 3.14. The summed E-state index contributed by atoms with van der Waals surface area (Å²) in [6, 6.07) is -0.00841. The molecule has 0 aromatic carbocycles. The topological polar surface area (TPSA) is 76.2 Å². The minimum Gasteiger partial charge on any atom is -0.361 e. The van der Waals surface area contributed by atoms with Gasteiger partial charge in [0.2, 0.25) is 5.91 Å². The summed E-state index contributed by atoms with van der Waals surface area (Å²) in [7, 11) is 1.96. The van der Waals surface area contributed by atoms with Crippen molar-refractivity contribution in [2.24, 2.45) is 7.05 Å². The first kappa shape index (κ1) is 19.8. The lowest BCUT2D eigenvalue weighted by molar-refractivity contribution is -0.131. The van der Waals surface area contributed by atoms with Crippen LogP contribution in [0.15, 0.2) is 16.9 Å². The van der Waals surface area contributed by atoms with Crippen LogP contribution in [0.25, 0.3) is 0 Å². The smallest absolute Gasteiger partial charge is 0.233 e. The van der Waals surface area contributed by atoms with Crippen LogP contribution in [0.1, 0.15) is 28.9 Å². The predicted octanol–water partition coefficient (Wildman–Crippen LogP) is 1.85. The van der Waals surface area contributed by atoms with Gasteiger partial charge in [-0.05, 0) is 13.8 Å². The van der Waals surface area contributed by atoms with Crippen molar-refractivity contribution in [3.8, 4) is 0 Å². The van der Waals surface area contributed by atoms with E-state index in [4.69, 9.17) is 4.52 Å². The van der Waals surface area contributed by atoms with Gasteiger partial charge in [-0.25, -0.2) is 4.98 Å². The van der Waals surface area contributed by atoms with Gasteiger partial charge in [0.1, 0.15) is 17.6 Å². The lowest BCUT2D eigenvalue weighted by Gasteiger charge is -2.35. The van der Waals surface area contributed by atoms with Gasteiger partial charge in [0.05, 0.1) is 11.4 Å². The number of hydrogen-bond acceptors (Lipinski definition) is 6. The Labute approximate surface area is 157 Å². The highest BCUT2D eigenvalue weighted by molar-refractivity contribution is 7.99. The molecule has 0 spiro atoms. The first-order valence-corrected chi connectivity index (χ1v) is 9.20. The van der Waals surface area contributed by atoms with E-state index in [1.807, 2.05) is 36.6 Å². The number of carbonyl (C=O) groups is 1. The van der Waals surface area contributed by atoms with E-state index in [1.54, 1.807) is 18.0 Å². The van der Waals surface area contributed by atoms with E-state index in [1.165, 1.54) is 0 Å². The Morgan fingerprint density at radius 3 is 2.92 bits per heavy atom. The van der Waals surface area contributed by atoms with Crippen LogP contribution in [0.3, 0.4) is 0 Å². The summed E-state index contributed by atoms with van der Waals surface area (Å²) in [5, 5.41) is 7.31. The average molecular weight is 386 g/mol. The largest absolute Gasteiger partial charge is 0.361 e. The standard InChI is InChI=1S/C16H23N5O2S.ClH/c1-11-13(12(2)23-19-11)9-24-10-15(22)21-7-4-17-8-14(21)16-18-5-6-20(16)3;/h5-6,14,17H,4,7-10H2,1-3H3;1H. The Morgan fingerprint density at radius 2 is 2.28 bits per heavy atom. The number of aromatic nitrogens is 3. The molecule has 7 nitrogen and oxygen atoms in total. The lowest BCUT2D eigenvalue weighted by atomic mass is 10.1. The zero-order chi connectivity index (χ0) is 17.1. The fraction of sp³-hybridized carbons (Fsp3) is 0.562. The van der Waals surface area contributed by atoms with E-state index in [9.17, 15) is 4.79 Å². The van der Waals surface area contributed by atoms with Gasteiger partial charge in [-0.15, -0.1) is 24.2 Å². The van der Waals surface area contributed by atoms with E-state index in [-0.39, 0.29) is 24.4 Å². The minimum absolute atomic E-state index is 0. The third-order valence-electron chi connectivity index (χ3n) is 4.37. The molecule has 2 aromatic rings. The van der Waals surface area contributed by atoms with Gasteiger partial charge in [0.25, 0.3) is 0 Å². The molecule has 1 atom stereocenters. The monoisotopic (exact) mass is 385 g/mol.